The first-order chi connectivity index (χ1) is 10.9. The van der Waals surface area contributed by atoms with E-state index in [0.717, 1.165) is 25.9 Å². The third-order valence-electron chi connectivity index (χ3n) is 5.27. The molecular formula is C20H19ClN2. The Kier molecular flexibility index (Phi) is 3.50. The summed E-state index contributed by atoms with van der Waals surface area (Å²) in [6.45, 7) is 2.32. The van der Waals surface area contributed by atoms with Gasteiger partial charge in [-0.2, -0.15) is 0 Å². The molecule has 0 saturated carbocycles. The number of nitrogens with one attached hydrogen (secondary N) is 1. The van der Waals surface area contributed by atoms with Gasteiger partial charge in [0, 0.05) is 23.7 Å². The van der Waals surface area contributed by atoms with Gasteiger partial charge >= 0.3 is 0 Å². The number of para-hydroxylation sites is 1. The predicted molar refractivity (Wildman–Crippen MR) is 89.9 cm³/mol. The summed E-state index contributed by atoms with van der Waals surface area (Å²) in [6.07, 6.45) is 2.31. The molecule has 0 bridgehead atoms. The number of hydrogen-bond donors (Lipinski definition) is 1. The third-order valence-corrected chi connectivity index (χ3v) is 5.27. The maximum absolute atomic E-state index is 3.68. The first-order valence-electron chi connectivity index (χ1n) is 8.16. The molecule has 0 aliphatic carbocycles. The summed E-state index contributed by atoms with van der Waals surface area (Å²) in [5.41, 5.74) is 7.19. The number of hydrogen-bond acceptors (Lipinski definition) is 0. The second-order valence-corrected chi connectivity index (χ2v) is 6.48. The number of aromatic nitrogens is 1. The zero-order chi connectivity index (χ0) is 14.5. The summed E-state index contributed by atoms with van der Waals surface area (Å²) < 4.78 is 2.59. The monoisotopic (exact) mass is 322 g/mol. The summed E-state index contributed by atoms with van der Waals surface area (Å²) in [6, 6.07) is 19.7. The molecule has 0 amide bonds. The molecule has 2 aromatic carbocycles. The molecule has 2 aliphatic heterocycles. The zero-order valence-corrected chi connectivity index (χ0v) is 13.7. The fourth-order valence-corrected chi connectivity index (χ4v) is 4.19. The Morgan fingerprint density at radius 2 is 1.74 bits per heavy atom. The highest BCUT2D eigenvalue weighted by Crippen LogP contribution is 2.33. The van der Waals surface area contributed by atoms with Crippen LogP contribution in [-0.4, -0.2) is 28.4 Å². The molecule has 0 fully saturated rings. The average molecular weight is 323 g/mol. The lowest BCUT2D eigenvalue weighted by Crippen LogP contribution is -3.00. The summed E-state index contributed by atoms with van der Waals surface area (Å²) in [4.78, 5) is 3.68. The van der Waals surface area contributed by atoms with E-state index in [9.17, 15) is 0 Å². The normalized spacial score (nSPS) is 19.4. The number of benzene rings is 2. The van der Waals surface area contributed by atoms with Crippen LogP contribution in [0, 0.1) is 0 Å². The van der Waals surface area contributed by atoms with Crippen LogP contribution >= 0.6 is 0 Å². The Hall–Kier alpha value is -2.06. The van der Waals surface area contributed by atoms with Gasteiger partial charge in [0.15, 0.2) is 6.54 Å². The first kappa shape index (κ1) is 14.5. The third kappa shape index (κ3) is 2.21. The molecule has 23 heavy (non-hydrogen) atoms. The molecule has 1 unspecified atom stereocenters. The molecule has 1 aromatic heterocycles. The van der Waals surface area contributed by atoms with E-state index in [0.29, 0.717) is 5.92 Å². The van der Waals surface area contributed by atoms with Crippen molar-refractivity contribution in [3.63, 3.8) is 0 Å². The molecule has 2 nitrogen and oxygen atoms in total. The number of nitrogens with zero attached hydrogens (tertiary/aromatic N) is 1. The van der Waals surface area contributed by atoms with Gasteiger partial charge in [-0.05, 0) is 17.2 Å². The molecule has 0 saturated heterocycles. The van der Waals surface area contributed by atoms with Crippen molar-refractivity contribution in [2.75, 3.05) is 13.1 Å². The van der Waals surface area contributed by atoms with Crippen LogP contribution in [0.5, 0.6) is 0 Å². The van der Waals surface area contributed by atoms with Crippen LogP contribution in [0.1, 0.15) is 29.2 Å². The second kappa shape index (κ2) is 5.54. The van der Waals surface area contributed by atoms with Gasteiger partial charge in [-0.1, -0.05) is 48.5 Å². The molecular weight excluding hydrogens is 304 g/mol. The molecule has 3 heteroatoms. The van der Waals surface area contributed by atoms with Crippen LogP contribution in [0.4, 0.5) is 0 Å². The van der Waals surface area contributed by atoms with E-state index in [1.54, 1.807) is 0 Å². The number of aromatic amines is 1. The van der Waals surface area contributed by atoms with Gasteiger partial charge in [0.05, 0.1) is 5.92 Å². The quantitative estimate of drug-likeness (QED) is 0.637. The Labute approximate surface area is 142 Å². The Bertz CT molecular complexity index is 892. The number of H-pyrrole nitrogens is 1. The summed E-state index contributed by atoms with van der Waals surface area (Å²) in [5, 5.41) is 1.41. The fraction of sp³-hybridized carbons (Fsp3) is 0.250. The molecule has 2 aliphatic rings. The van der Waals surface area contributed by atoms with Crippen molar-refractivity contribution in [3.05, 3.63) is 71.4 Å². The van der Waals surface area contributed by atoms with Crippen molar-refractivity contribution in [2.24, 2.45) is 0 Å². The number of fused-ring (bicyclic) bond motifs is 4. The van der Waals surface area contributed by atoms with E-state index in [1.165, 1.54) is 33.4 Å². The maximum atomic E-state index is 3.68. The van der Waals surface area contributed by atoms with E-state index in [1.807, 2.05) is 0 Å². The van der Waals surface area contributed by atoms with Gasteiger partial charge in [0.25, 0.3) is 0 Å². The molecule has 116 valence electrons. The van der Waals surface area contributed by atoms with E-state index >= 15 is 0 Å². The van der Waals surface area contributed by atoms with Crippen LogP contribution in [0.25, 0.3) is 10.9 Å². The minimum absolute atomic E-state index is 0. The fourth-order valence-electron chi connectivity index (χ4n) is 4.19. The average Bonchev–Trinajstić information content (AvgIpc) is 3.16. The number of rotatable bonds is 1. The molecule has 3 aromatic rings. The van der Waals surface area contributed by atoms with Gasteiger partial charge < -0.3 is 17.4 Å². The lowest BCUT2D eigenvalue weighted by Gasteiger charge is -2.09. The molecule has 1 atom stereocenters. The van der Waals surface area contributed by atoms with Gasteiger partial charge in [0.1, 0.15) is 12.2 Å². The summed E-state index contributed by atoms with van der Waals surface area (Å²) in [7, 11) is 0. The van der Waals surface area contributed by atoms with Crippen molar-refractivity contribution in [1.29, 1.82) is 0 Å². The second-order valence-electron chi connectivity index (χ2n) is 6.48. The smallest absolute Gasteiger partial charge is 0.200 e. The Morgan fingerprint density at radius 3 is 2.61 bits per heavy atom. The predicted octanol–water partition coefficient (Wildman–Crippen LogP) is 0.717. The summed E-state index contributed by atoms with van der Waals surface area (Å²) >= 11 is 0. The zero-order valence-electron chi connectivity index (χ0n) is 12.9. The maximum Gasteiger partial charge on any atom is 0.200 e. The molecule has 0 radical (unpaired) electrons. The van der Waals surface area contributed by atoms with Crippen LogP contribution < -0.4 is 12.4 Å². The largest absolute Gasteiger partial charge is 1.00 e. The van der Waals surface area contributed by atoms with Crippen molar-refractivity contribution >= 4 is 16.6 Å². The van der Waals surface area contributed by atoms with E-state index in [4.69, 9.17) is 0 Å². The van der Waals surface area contributed by atoms with Crippen molar-refractivity contribution in [1.82, 2.24) is 4.98 Å². The molecule has 3 heterocycles. The van der Waals surface area contributed by atoms with Crippen LogP contribution in [0.15, 0.2) is 54.6 Å². The topological polar surface area (TPSA) is 18.8 Å². The molecule has 1 N–H and O–H groups in total. The highest BCUT2D eigenvalue weighted by Gasteiger charge is 2.38. The first-order valence-corrected chi connectivity index (χ1v) is 8.16. The van der Waals surface area contributed by atoms with E-state index < -0.39 is 0 Å². The number of halogens is 1. The lowest BCUT2D eigenvalue weighted by atomic mass is 9.94. The van der Waals surface area contributed by atoms with Crippen LogP contribution in [0.2, 0.25) is 0 Å². The van der Waals surface area contributed by atoms with Gasteiger partial charge in [0.2, 0.25) is 5.71 Å². The highest BCUT2D eigenvalue weighted by atomic mass is 35.5. The highest BCUT2D eigenvalue weighted by molar-refractivity contribution is 6.04. The minimum Gasteiger partial charge on any atom is -1.00 e. The molecule has 5 rings (SSSR count). The molecule has 0 spiro atoms. The van der Waals surface area contributed by atoms with Crippen LogP contribution in [-0.2, 0) is 6.42 Å². The lowest BCUT2D eigenvalue weighted by molar-refractivity contribution is -0.522. The van der Waals surface area contributed by atoms with Crippen molar-refractivity contribution in [3.8, 4) is 0 Å². The Balaban J connectivity index is 0.00000135. The van der Waals surface area contributed by atoms with Crippen molar-refractivity contribution in [2.45, 2.75) is 18.8 Å². The standard InChI is InChI=1S/C20H18N2.ClH/c1-2-6-14(7-3-1)15-12-19-20-17(10-11-22(19)13-15)16-8-4-5-9-18(16)21-20;/h1-9,15H,10-13H2;1H. The van der Waals surface area contributed by atoms with E-state index in [-0.39, 0.29) is 12.4 Å². The minimum atomic E-state index is 0. The SMILES string of the molecule is [Cl-].c1ccc(C2CC3=[N+](CCc4c3[nH]c3ccccc43)C2)cc1. The van der Waals surface area contributed by atoms with Gasteiger partial charge in [-0.25, -0.2) is 4.58 Å². The summed E-state index contributed by atoms with van der Waals surface area (Å²) in [5.74, 6) is 0.633. The van der Waals surface area contributed by atoms with Crippen molar-refractivity contribution < 1.29 is 17.0 Å². The van der Waals surface area contributed by atoms with E-state index in [2.05, 4.69) is 64.2 Å². The van der Waals surface area contributed by atoms with Gasteiger partial charge in [-0.15, -0.1) is 0 Å². The van der Waals surface area contributed by atoms with Crippen LogP contribution in [0.3, 0.4) is 0 Å². The Morgan fingerprint density at radius 1 is 0.957 bits per heavy atom. The van der Waals surface area contributed by atoms with Gasteiger partial charge in [-0.3, -0.25) is 0 Å².